The van der Waals surface area contributed by atoms with Crippen molar-refractivity contribution in [3.8, 4) is 45.5 Å². The number of rotatable bonds is 19. The summed E-state index contributed by atoms with van der Waals surface area (Å²) in [6.45, 7) is 5.52. The summed E-state index contributed by atoms with van der Waals surface area (Å²) < 4.78 is 32.7. The lowest BCUT2D eigenvalue weighted by Gasteiger charge is -2.21. The highest BCUT2D eigenvalue weighted by atomic mass is 16.6. The van der Waals surface area contributed by atoms with E-state index in [-0.39, 0.29) is 24.3 Å². The van der Waals surface area contributed by atoms with E-state index < -0.39 is 18.2 Å². The summed E-state index contributed by atoms with van der Waals surface area (Å²) in [5.74, 6) is 3.04. The molecular weight excluding hydrogens is 716 g/mol. The molecular formula is C37H46N8O10. The smallest absolute Gasteiger partial charge is 0.407 e. The quantitative estimate of drug-likeness (QED) is 0.0665. The second-order valence-electron chi connectivity index (χ2n) is 12.6. The molecule has 2 aromatic heterocycles. The first-order valence-electron chi connectivity index (χ1n) is 17.7. The summed E-state index contributed by atoms with van der Waals surface area (Å²) in [6, 6.07) is 10.6. The lowest BCUT2D eigenvalue weighted by Crippen LogP contribution is -2.50. The molecule has 4 aromatic rings. The van der Waals surface area contributed by atoms with Gasteiger partial charge >= 0.3 is 12.2 Å². The fourth-order valence-electron chi connectivity index (χ4n) is 5.36. The summed E-state index contributed by atoms with van der Waals surface area (Å²) in [7, 11) is 2.48. The first-order chi connectivity index (χ1) is 26.6. The van der Waals surface area contributed by atoms with E-state index in [1.165, 1.54) is 14.2 Å². The third-order valence-corrected chi connectivity index (χ3v) is 8.27. The minimum Gasteiger partial charge on any atom is -0.453 e. The Hall–Kier alpha value is -6.14. The van der Waals surface area contributed by atoms with Crippen molar-refractivity contribution < 1.29 is 47.6 Å². The molecule has 294 valence electrons. The van der Waals surface area contributed by atoms with Crippen molar-refractivity contribution in [2.45, 2.75) is 32.7 Å². The molecule has 0 spiro atoms. The average Bonchev–Trinajstić information content (AvgIpc) is 3.87. The van der Waals surface area contributed by atoms with Crippen molar-refractivity contribution in [1.82, 2.24) is 41.2 Å². The molecule has 0 bridgehead atoms. The van der Waals surface area contributed by atoms with Crippen LogP contribution in [-0.4, -0.2) is 110 Å². The molecule has 18 nitrogen and oxygen atoms in total. The Morgan fingerprint density at radius 1 is 0.691 bits per heavy atom. The number of fused-ring (bicyclic) bond motifs is 2. The number of alkyl carbamates (subject to hydrolysis) is 2. The molecule has 4 amide bonds. The predicted octanol–water partition coefficient (Wildman–Crippen LogP) is 3.45. The number of carbonyl (C=O) groups excluding carboxylic acids is 4. The van der Waals surface area contributed by atoms with E-state index in [0.717, 1.165) is 34.2 Å². The third kappa shape index (κ3) is 11.7. The fourth-order valence-corrected chi connectivity index (χ4v) is 5.36. The van der Waals surface area contributed by atoms with Crippen LogP contribution in [0.5, 0.6) is 23.0 Å². The largest absolute Gasteiger partial charge is 0.453 e. The van der Waals surface area contributed by atoms with Crippen LogP contribution in [0.4, 0.5) is 9.59 Å². The molecule has 55 heavy (non-hydrogen) atoms. The number of amides is 4. The SMILES string of the molecule is COC(=O)NCC(=O)NCCOCCc1ncc(-c2ccc3c(c2)Oc2ccc(-c4cnc(CCOCCNC(=O)C(NC(=O)OC)C(C)C)[nH]4)cc2O3)[nH]1. The summed E-state index contributed by atoms with van der Waals surface area (Å²) in [5.41, 5.74) is 3.36. The van der Waals surface area contributed by atoms with Gasteiger partial charge in [-0.1, -0.05) is 13.8 Å². The second kappa shape index (κ2) is 19.8. The molecule has 6 N–H and O–H groups in total. The number of H-pyrrole nitrogens is 2. The molecule has 5 rings (SSSR count). The number of ether oxygens (including phenoxy) is 6. The lowest BCUT2D eigenvalue weighted by molar-refractivity contribution is -0.124. The maximum absolute atomic E-state index is 12.4. The van der Waals surface area contributed by atoms with Crippen LogP contribution in [0, 0.1) is 5.92 Å². The van der Waals surface area contributed by atoms with Crippen molar-refractivity contribution in [2.75, 3.05) is 60.3 Å². The van der Waals surface area contributed by atoms with Crippen LogP contribution in [0.15, 0.2) is 48.8 Å². The summed E-state index contributed by atoms with van der Waals surface area (Å²) in [5, 5.41) is 10.3. The Morgan fingerprint density at radius 2 is 1.22 bits per heavy atom. The molecule has 1 atom stereocenters. The van der Waals surface area contributed by atoms with Crippen molar-refractivity contribution >= 4 is 24.0 Å². The maximum Gasteiger partial charge on any atom is 0.407 e. The van der Waals surface area contributed by atoms with Gasteiger partial charge in [-0.05, 0) is 42.3 Å². The number of benzene rings is 2. The lowest BCUT2D eigenvalue weighted by atomic mass is 10.0. The van der Waals surface area contributed by atoms with Crippen LogP contribution in [0.1, 0.15) is 25.5 Å². The van der Waals surface area contributed by atoms with E-state index in [0.29, 0.717) is 75.4 Å². The molecule has 1 aliphatic heterocycles. The highest BCUT2D eigenvalue weighted by Crippen LogP contribution is 2.47. The highest BCUT2D eigenvalue weighted by Gasteiger charge is 2.24. The van der Waals surface area contributed by atoms with Crippen LogP contribution in [-0.2, 0) is 41.4 Å². The van der Waals surface area contributed by atoms with Crippen LogP contribution in [0.2, 0.25) is 0 Å². The van der Waals surface area contributed by atoms with Gasteiger partial charge < -0.3 is 59.7 Å². The number of nitrogens with zero attached hydrogens (tertiary/aromatic N) is 2. The monoisotopic (exact) mass is 762 g/mol. The molecule has 1 aliphatic rings. The Balaban J connectivity index is 1.04. The molecule has 0 fully saturated rings. The first-order valence-corrected chi connectivity index (χ1v) is 17.7. The fraction of sp³-hybridized carbons (Fsp3) is 0.405. The molecule has 0 radical (unpaired) electrons. The van der Waals surface area contributed by atoms with Gasteiger partial charge in [-0.3, -0.25) is 9.59 Å². The van der Waals surface area contributed by atoms with E-state index in [1.54, 1.807) is 12.4 Å². The number of aromatic nitrogens is 4. The van der Waals surface area contributed by atoms with Crippen LogP contribution in [0.25, 0.3) is 22.5 Å². The molecule has 0 saturated carbocycles. The van der Waals surface area contributed by atoms with Gasteiger partial charge in [-0.25, -0.2) is 19.6 Å². The Labute approximate surface area is 317 Å². The van der Waals surface area contributed by atoms with Gasteiger partial charge in [0.25, 0.3) is 0 Å². The zero-order valence-corrected chi connectivity index (χ0v) is 31.1. The Kier molecular flexibility index (Phi) is 14.4. The van der Waals surface area contributed by atoms with Gasteiger partial charge in [0.1, 0.15) is 17.7 Å². The first kappa shape index (κ1) is 40.1. The number of carbonyl (C=O) groups is 4. The van der Waals surface area contributed by atoms with E-state index in [4.69, 9.17) is 18.9 Å². The molecule has 1 unspecified atom stereocenters. The van der Waals surface area contributed by atoms with Gasteiger partial charge in [0.2, 0.25) is 11.8 Å². The molecule has 3 heterocycles. The average molecular weight is 763 g/mol. The van der Waals surface area contributed by atoms with E-state index in [1.807, 2.05) is 50.2 Å². The van der Waals surface area contributed by atoms with Gasteiger partial charge in [-0.2, -0.15) is 0 Å². The zero-order valence-electron chi connectivity index (χ0n) is 31.1. The summed E-state index contributed by atoms with van der Waals surface area (Å²) >= 11 is 0. The van der Waals surface area contributed by atoms with Crippen molar-refractivity contribution in [3.63, 3.8) is 0 Å². The Bertz CT molecular complexity index is 1930. The predicted molar refractivity (Wildman–Crippen MR) is 198 cm³/mol. The second-order valence-corrected chi connectivity index (χ2v) is 12.6. The maximum atomic E-state index is 12.4. The molecule has 2 aromatic carbocycles. The summed E-state index contributed by atoms with van der Waals surface area (Å²) in [4.78, 5) is 62.2. The summed E-state index contributed by atoms with van der Waals surface area (Å²) in [6.07, 6.45) is 3.26. The molecule has 0 saturated heterocycles. The highest BCUT2D eigenvalue weighted by molar-refractivity contribution is 5.85. The third-order valence-electron chi connectivity index (χ3n) is 8.27. The van der Waals surface area contributed by atoms with Crippen molar-refractivity contribution in [2.24, 2.45) is 5.92 Å². The Morgan fingerprint density at radius 3 is 1.73 bits per heavy atom. The number of aromatic amines is 2. The van der Waals surface area contributed by atoms with Gasteiger partial charge in [0.15, 0.2) is 23.0 Å². The van der Waals surface area contributed by atoms with E-state index >= 15 is 0 Å². The number of hydrogen-bond donors (Lipinski definition) is 6. The molecule has 18 heteroatoms. The number of methoxy groups -OCH3 is 2. The van der Waals surface area contributed by atoms with Crippen LogP contribution < -0.4 is 30.7 Å². The van der Waals surface area contributed by atoms with E-state index in [9.17, 15) is 19.2 Å². The standard InChI is InChI=1S/C37H46N8O10/c1-22(2)34(45-37(49)51-4)35(47)39-12-16-53-14-10-32-41-20-26(44-32)24-6-8-28-30(18-24)55-27-7-5-23(17-29(27)54-28)25-19-40-31(43-25)9-13-52-15-11-38-33(46)21-42-36(48)50-3/h5-8,17-20,22,34H,9-16,21H2,1-4H3,(H,38,46)(H,39,47)(H,40,43)(H,41,44)(H,42,48)(H,45,49). The van der Waals surface area contributed by atoms with Gasteiger partial charge in [-0.15, -0.1) is 0 Å². The normalized spacial score (nSPS) is 12.0. The zero-order chi connectivity index (χ0) is 39.2. The number of nitrogens with one attached hydrogen (secondary N) is 6. The molecule has 0 aliphatic carbocycles. The topological polar surface area (TPSA) is 229 Å². The van der Waals surface area contributed by atoms with Crippen molar-refractivity contribution in [3.05, 3.63) is 60.4 Å². The minimum absolute atomic E-state index is 0.109. The van der Waals surface area contributed by atoms with Crippen molar-refractivity contribution in [1.29, 1.82) is 0 Å². The number of imidazole rings is 2. The van der Waals surface area contributed by atoms with Gasteiger partial charge in [0, 0.05) is 37.1 Å². The minimum atomic E-state index is -0.702. The number of hydrogen-bond acceptors (Lipinski definition) is 12. The van der Waals surface area contributed by atoms with Crippen LogP contribution in [0.3, 0.4) is 0 Å². The van der Waals surface area contributed by atoms with Gasteiger partial charge in [0.05, 0.1) is 71.0 Å². The van der Waals surface area contributed by atoms with E-state index in [2.05, 4.69) is 50.7 Å². The van der Waals surface area contributed by atoms with Crippen LogP contribution >= 0.6 is 0 Å².